The van der Waals surface area contributed by atoms with Gasteiger partial charge in [0, 0.05) is 13.1 Å². The summed E-state index contributed by atoms with van der Waals surface area (Å²) in [7, 11) is 0. The zero-order chi connectivity index (χ0) is 17.1. The summed E-state index contributed by atoms with van der Waals surface area (Å²) in [5, 5.41) is 11.4. The van der Waals surface area contributed by atoms with Gasteiger partial charge in [0.1, 0.15) is 0 Å². The molecule has 25 heavy (non-hydrogen) atoms. The molecular weight excluding hydrogens is 314 g/mol. The predicted molar refractivity (Wildman–Crippen MR) is 97.2 cm³/mol. The molecule has 6 nitrogen and oxygen atoms in total. The highest BCUT2D eigenvalue weighted by Crippen LogP contribution is 2.28. The molecule has 2 heterocycles. The Morgan fingerprint density at radius 2 is 1.68 bits per heavy atom. The average molecular weight is 333 g/mol. The minimum Gasteiger partial charge on any atom is -0.370 e. The average Bonchev–Trinajstić information content (AvgIpc) is 3.35. The zero-order valence-electron chi connectivity index (χ0n) is 13.8. The summed E-state index contributed by atoms with van der Waals surface area (Å²) in [6, 6.07) is 17.4. The summed E-state index contributed by atoms with van der Waals surface area (Å²) >= 11 is 0. The van der Waals surface area contributed by atoms with Gasteiger partial charge < -0.3 is 10.2 Å². The third kappa shape index (κ3) is 3.24. The van der Waals surface area contributed by atoms with Crippen LogP contribution >= 0.6 is 0 Å². The smallest absolute Gasteiger partial charge is 0.277 e. The van der Waals surface area contributed by atoms with Gasteiger partial charge in [0.25, 0.3) is 5.91 Å². The summed E-state index contributed by atoms with van der Waals surface area (Å²) in [4.78, 5) is 16.3. The lowest BCUT2D eigenvalue weighted by Crippen LogP contribution is -2.21. The Hall–Kier alpha value is -3.15. The van der Waals surface area contributed by atoms with Crippen LogP contribution in [0.25, 0.3) is 5.69 Å². The number of amides is 1. The molecule has 126 valence electrons. The molecule has 6 heteroatoms. The third-order valence-electron chi connectivity index (χ3n) is 4.31. The third-order valence-corrected chi connectivity index (χ3v) is 4.31. The number of para-hydroxylation sites is 3. The van der Waals surface area contributed by atoms with Gasteiger partial charge in [0.05, 0.1) is 23.3 Å². The second-order valence-electron chi connectivity index (χ2n) is 6.02. The van der Waals surface area contributed by atoms with Crippen molar-refractivity contribution in [3.05, 3.63) is 66.5 Å². The van der Waals surface area contributed by atoms with E-state index in [9.17, 15) is 4.79 Å². The fourth-order valence-corrected chi connectivity index (χ4v) is 3.05. The number of hydrogen-bond acceptors (Lipinski definition) is 4. The lowest BCUT2D eigenvalue weighted by molar-refractivity contribution is 0.102. The monoisotopic (exact) mass is 333 g/mol. The van der Waals surface area contributed by atoms with Crippen molar-refractivity contribution >= 4 is 17.3 Å². The second-order valence-corrected chi connectivity index (χ2v) is 6.02. The van der Waals surface area contributed by atoms with Crippen LogP contribution in [0.4, 0.5) is 11.4 Å². The van der Waals surface area contributed by atoms with Crippen molar-refractivity contribution in [1.82, 2.24) is 15.0 Å². The number of anilines is 2. The van der Waals surface area contributed by atoms with Crippen LogP contribution in [0.1, 0.15) is 23.3 Å². The van der Waals surface area contributed by atoms with E-state index in [-0.39, 0.29) is 5.91 Å². The van der Waals surface area contributed by atoms with Crippen LogP contribution in [-0.2, 0) is 0 Å². The molecule has 1 aliphatic heterocycles. The number of rotatable bonds is 4. The first kappa shape index (κ1) is 15.4. The van der Waals surface area contributed by atoms with Gasteiger partial charge in [-0.25, -0.2) is 0 Å². The summed E-state index contributed by atoms with van der Waals surface area (Å²) in [6.07, 6.45) is 3.86. The van der Waals surface area contributed by atoms with Crippen molar-refractivity contribution < 1.29 is 4.79 Å². The van der Waals surface area contributed by atoms with Gasteiger partial charge in [-0.15, -0.1) is 5.10 Å². The Labute approximate surface area is 146 Å². The van der Waals surface area contributed by atoms with Crippen LogP contribution in [0.5, 0.6) is 0 Å². The van der Waals surface area contributed by atoms with Crippen LogP contribution in [0.15, 0.2) is 60.8 Å². The molecule has 0 unspecified atom stereocenters. The quantitative estimate of drug-likeness (QED) is 0.797. The molecule has 1 N–H and O–H groups in total. The van der Waals surface area contributed by atoms with E-state index >= 15 is 0 Å². The highest BCUT2D eigenvalue weighted by Gasteiger charge is 2.18. The van der Waals surface area contributed by atoms with Crippen LogP contribution in [0, 0.1) is 0 Å². The first-order chi connectivity index (χ1) is 12.3. The van der Waals surface area contributed by atoms with Gasteiger partial charge in [0.15, 0.2) is 5.69 Å². The highest BCUT2D eigenvalue weighted by atomic mass is 16.2. The summed E-state index contributed by atoms with van der Waals surface area (Å²) in [5.41, 5.74) is 2.98. The molecule has 1 saturated heterocycles. The molecule has 1 aliphatic rings. The summed E-state index contributed by atoms with van der Waals surface area (Å²) < 4.78 is 0. The van der Waals surface area contributed by atoms with Crippen LogP contribution in [-0.4, -0.2) is 34.0 Å². The predicted octanol–water partition coefficient (Wildman–Crippen LogP) is 3.12. The van der Waals surface area contributed by atoms with E-state index in [0.29, 0.717) is 5.69 Å². The van der Waals surface area contributed by atoms with Gasteiger partial charge in [-0.2, -0.15) is 9.90 Å². The Morgan fingerprint density at radius 1 is 0.960 bits per heavy atom. The summed E-state index contributed by atoms with van der Waals surface area (Å²) in [5.74, 6) is -0.256. The standard InChI is InChI=1S/C19H19N5O/c25-19(17-14-20-24(22-17)15-8-2-1-3-9-15)21-16-10-4-5-11-18(16)23-12-6-7-13-23/h1-5,8-11,14H,6-7,12-13H2,(H,21,25). The normalized spacial score (nSPS) is 13.8. The van der Waals surface area contributed by atoms with Crippen molar-refractivity contribution in [3.63, 3.8) is 0 Å². The SMILES string of the molecule is O=C(Nc1ccccc1N1CCCC1)c1cnn(-c2ccccc2)n1. The van der Waals surface area contributed by atoms with E-state index in [0.717, 1.165) is 30.2 Å². The first-order valence-electron chi connectivity index (χ1n) is 8.44. The maximum atomic E-state index is 12.6. The van der Waals surface area contributed by atoms with Gasteiger partial charge in [0.2, 0.25) is 0 Å². The molecule has 1 amide bonds. The maximum Gasteiger partial charge on any atom is 0.277 e. The van der Waals surface area contributed by atoms with E-state index in [1.165, 1.54) is 23.8 Å². The molecule has 0 atom stereocenters. The number of carbonyl (C=O) groups excluding carboxylic acids is 1. The molecule has 0 radical (unpaired) electrons. The molecule has 1 fully saturated rings. The van der Waals surface area contributed by atoms with E-state index in [4.69, 9.17) is 0 Å². The number of carbonyl (C=O) groups is 1. The largest absolute Gasteiger partial charge is 0.370 e. The zero-order valence-corrected chi connectivity index (χ0v) is 13.8. The number of benzene rings is 2. The molecule has 3 aromatic rings. The van der Waals surface area contributed by atoms with Crippen LogP contribution in [0.3, 0.4) is 0 Å². The van der Waals surface area contributed by atoms with Crippen molar-refractivity contribution in [2.24, 2.45) is 0 Å². The Balaban J connectivity index is 1.54. The lowest BCUT2D eigenvalue weighted by atomic mass is 10.2. The maximum absolute atomic E-state index is 12.6. The van der Waals surface area contributed by atoms with Crippen LogP contribution < -0.4 is 10.2 Å². The summed E-state index contributed by atoms with van der Waals surface area (Å²) in [6.45, 7) is 2.05. The Morgan fingerprint density at radius 3 is 2.48 bits per heavy atom. The van der Waals surface area contributed by atoms with E-state index in [1.54, 1.807) is 0 Å². The second kappa shape index (κ2) is 6.76. The number of aromatic nitrogens is 3. The highest BCUT2D eigenvalue weighted by molar-refractivity contribution is 6.04. The molecular formula is C19H19N5O. The van der Waals surface area contributed by atoms with Crippen molar-refractivity contribution in [2.45, 2.75) is 12.8 Å². The molecule has 4 rings (SSSR count). The van der Waals surface area contributed by atoms with Gasteiger partial charge >= 0.3 is 0 Å². The molecule has 0 saturated carbocycles. The number of hydrogen-bond donors (Lipinski definition) is 1. The van der Waals surface area contributed by atoms with E-state index in [2.05, 4.69) is 20.4 Å². The molecule has 0 bridgehead atoms. The Bertz CT molecular complexity index is 868. The van der Waals surface area contributed by atoms with E-state index < -0.39 is 0 Å². The van der Waals surface area contributed by atoms with Crippen LogP contribution in [0.2, 0.25) is 0 Å². The van der Waals surface area contributed by atoms with Crippen molar-refractivity contribution in [3.8, 4) is 5.69 Å². The minimum absolute atomic E-state index is 0.256. The fourth-order valence-electron chi connectivity index (χ4n) is 3.05. The number of nitrogens with zero attached hydrogens (tertiary/aromatic N) is 4. The number of nitrogens with one attached hydrogen (secondary N) is 1. The van der Waals surface area contributed by atoms with Gasteiger partial charge in [-0.05, 0) is 37.1 Å². The van der Waals surface area contributed by atoms with Crippen molar-refractivity contribution in [2.75, 3.05) is 23.3 Å². The van der Waals surface area contributed by atoms with Gasteiger partial charge in [-0.1, -0.05) is 30.3 Å². The molecule has 0 spiro atoms. The minimum atomic E-state index is -0.256. The topological polar surface area (TPSA) is 63.1 Å². The first-order valence-corrected chi connectivity index (χ1v) is 8.44. The van der Waals surface area contributed by atoms with Crippen molar-refractivity contribution in [1.29, 1.82) is 0 Å². The lowest BCUT2D eigenvalue weighted by Gasteiger charge is -2.21. The van der Waals surface area contributed by atoms with Gasteiger partial charge in [-0.3, -0.25) is 4.79 Å². The Kier molecular flexibility index (Phi) is 4.16. The molecule has 2 aromatic carbocycles. The molecule has 1 aromatic heterocycles. The van der Waals surface area contributed by atoms with E-state index in [1.807, 2.05) is 54.6 Å². The molecule has 0 aliphatic carbocycles. The fraction of sp³-hybridized carbons (Fsp3) is 0.211.